The number of nitrogens with one attached hydrogen (secondary N) is 1. The zero-order valence-corrected chi connectivity index (χ0v) is 12.6. The standard InChI is InChI=1S/C16H16ClNO3/c1-10-3-6-15(19)11(7-10)9-18-12-4-5-14(17)13(8-12)16(20)21-2/h3-8,18-19H,9H2,1-2H3. The molecule has 0 aliphatic rings. The summed E-state index contributed by atoms with van der Waals surface area (Å²) in [6.45, 7) is 2.40. The topological polar surface area (TPSA) is 58.6 Å². The third-order valence-electron chi connectivity index (χ3n) is 3.09. The third kappa shape index (κ3) is 3.67. The molecule has 2 rings (SSSR count). The second kappa shape index (κ2) is 6.50. The lowest BCUT2D eigenvalue weighted by atomic mass is 10.1. The first-order chi connectivity index (χ1) is 10.0. The molecule has 0 atom stereocenters. The van der Waals surface area contributed by atoms with E-state index in [1.807, 2.05) is 19.1 Å². The van der Waals surface area contributed by atoms with Gasteiger partial charge in [0, 0.05) is 17.8 Å². The summed E-state index contributed by atoms with van der Waals surface area (Å²) in [5.74, 6) is -0.252. The zero-order valence-electron chi connectivity index (χ0n) is 11.8. The number of carbonyl (C=O) groups excluding carboxylic acids is 1. The Kier molecular flexibility index (Phi) is 4.70. The van der Waals surface area contributed by atoms with Crippen LogP contribution in [0.15, 0.2) is 36.4 Å². The van der Waals surface area contributed by atoms with Gasteiger partial charge < -0.3 is 15.2 Å². The molecule has 0 bridgehead atoms. The van der Waals surface area contributed by atoms with Crippen molar-refractivity contribution in [2.45, 2.75) is 13.5 Å². The minimum Gasteiger partial charge on any atom is -0.508 e. The van der Waals surface area contributed by atoms with Crippen LogP contribution in [0.5, 0.6) is 5.75 Å². The highest BCUT2D eigenvalue weighted by Crippen LogP contribution is 2.23. The van der Waals surface area contributed by atoms with Crippen LogP contribution in [-0.2, 0) is 11.3 Å². The second-order valence-corrected chi connectivity index (χ2v) is 5.08. The lowest BCUT2D eigenvalue weighted by Crippen LogP contribution is -2.05. The number of halogens is 1. The van der Waals surface area contributed by atoms with E-state index in [4.69, 9.17) is 11.6 Å². The van der Waals surface area contributed by atoms with Crippen LogP contribution in [0, 0.1) is 6.92 Å². The van der Waals surface area contributed by atoms with E-state index < -0.39 is 5.97 Å². The third-order valence-corrected chi connectivity index (χ3v) is 3.42. The van der Waals surface area contributed by atoms with E-state index in [-0.39, 0.29) is 5.75 Å². The summed E-state index contributed by atoms with van der Waals surface area (Å²) in [6.07, 6.45) is 0. The predicted octanol–water partition coefficient (Wildman–Crippen LogP) is 3.75. The van der Waals surface area contributed by atoms with Gasteiger partial charge in [-0.15, -0.1) is 0 Å². The van der Waals surface area contributed by atoms with Gasteiger partial charge in [-0.05, 0) is 31.2 Å². The van der Waals surface area contributed by atoms with E-state index in [2.05, 4.69) is 10.1 Å². The molecule has 0 radical (unpaired) electrons. The van der Waals surface area contributed by atoms with E-state index in [1.54, 1.807) is 24.3 Å². The second-order valence-electron chi connectivity index (χ2n) is 4.67. The monoisotopic (exact) mass is 305 g/mol. The number of ether oxygens (including phenoxy) is 1. The van der Waals surface area contributed by atoms with Crippen LogP contribution in [-0.4, -0.2) is 18.2 Å². The number of phenols is 1. The van der Waals surface area contributed by atoms with Gasteiger partial charge >= 0.3 is 5.97 Å². The summed E-state index contributed by atoms with van der Waals surface area (Å²) >= 11 is 5.96. The molecule has 21 heavy (non-hydrogen) atoms. The molecular formula is C16H16ClNO3. The number of benzene rings is 2. The molecule has 0 amide bonds. The zero-order chi connectivity index (χ0) is 15.4. The van der Waals surface area contributed by atoms with E-state index in [0.717, 1.165) is 16.8 Å². The van der Waals surface area contributed by atoms with Crippen LogP contribution in [0.4, 0.5) is 5.69 Å². The minimum absolute atomic E-state index is 0.232. The minimum atomic E-state index is -0.484. The Labute approximate surface area is 128 Å². The van der Waals surface area contributed by atoms with Crippen molar-refractivity contribution in [3.63, 3.8) is 0 Å². The largest absolute Gasteiger partial charge is 0.508 e. The van der Waals surface area contributed by atoms with Crippen LogP contribution in [0.1, 0.15) is 21.5 Å². The van der Waals surface area contributed by atoms with Crippen molar-refractivity contribution in [2.75, 3.05) is 12.4 Å². The highest BCUT2D eigenvalue weighted by atomic mass is 35.5. The quantitative estimate of drug-likeness (QED) is 0.845. The number of esters is 1. The Balaban J connectivity index is 2.17. The Hall–Kier alpha value is -2.20. The van der Waals surface area contributed by atoms with Crippen LogP contribution in [0.3, 0.4) is 0 Å². The maximum absolute atomic E-state index is 11.6. The van der Waals surface area contributed by atoms with Crippen molar-refractivity contribution in [1.29, 1.82) is 0 Å². The molecule has 5 heteroatoms. The molecule has 0 saturated heterocycles. The first-order valence-corrected chi connectivity index (χ1v) is 6.79. The fourth-order valence-corrected chi connectivity index (χ4v) is 2.15. The van der Waals surface area contributed by atoms with Crippen LogP contribution < -0.4 is 5.32 Å². The van der Waals surface area contributed by atoms with Crippen molar-refractivity contribution >= 4 is 23.3 Å². The normalized spacial score (nSPS) is 10.2. The van der Waals surface area contributed by atoms with Gasteiger partial charge in [0.05, 0.1) is 17.7 Å². The predicted molar refractivity (Wildman–Crippen MR) is 83.0 cm³/mol. The lowest BCUT2D eigenvalue weighted by molar-refractivity contribution is 0.0601. The van der Waals surface area contributed by atoms with Crippen molar-refractivity contribution in [3.8, 4) is 5.75 Å². The summed E-state index contributed by atoms with van der Waals surface area (Å²) in [6, 6.07) is 10.4. The highest BCUT2D eigenvalue weighted by molar-refractivity contribution is 6.33. The van der Waals surface area contributed by atoms with Crippen molar-refractivity contribution in [1.82, 2.24) is 0 Å². The molecule has 0 saturated carbocycles. The molecule has 0 heterocycles. The lowest BCUT2D eigenvalue weighted by Gasteiger charge is -2.11. The van der Waals surface area contributed by atoms with E-state index in [9.17, 15) is 9.90 Å². The molecule has 2 N–H and O–H groups in total. The number of anilines is 1. The van der Waals surface area contributed by atoms with Gasteiger partial charge in [-0.3, -0.25) is 0 Å². The van der Waals surface area contributed by atoms with Crippen molar-refractivity contribution in [2.24, 2.45) is 0 Å². The Bertz CT molecular complexity index is 671. The first-order valence-electron chi connectivity index (χ1n) is 6.41. The maximum atomic E-state index is 11.6. The van der Waals surface area contributed by atoms with Gasteiger partial charge in [0.15, 0.2) is 0 Å². The molecule has 0 fully saturated rings. The number of rotatable bonds is 4. The molecular weight excluding hydrogens is 290 g/mol. The number of carbonyl (C=O) groups is 1. The fourth-order valence-electron chi connectivity index (χ4n) is 1.95. The van der Waals surface area contributed by atoms with Crippen LogP contribution in [0.25, 0.3) is 0 Å². The van der Waals surface area contributed by atoms with Crippen LogP contribution >= 0.6 is 11.6 Å². The maximum Gasteiger partial charge on any atom is 0.339 e. The molecule has 0 aliphatic heterocycles. The summed E-state index contributed by atoms with van der Waals surface area (Å²) in [5, 5.41) is 13.3. The number of aryl methyl sites for hydroxylation is 1. The first kappa shape index (κ1) is 15.2. The number of aromatic hydroxyl groups is 1. The van der Waals surface area contributed by atoms with Gasteiger partial charge in [0.25, 0.3) is 0 Å². The molecule has 0 unspecified atom stereocenters. The highest BCUT2D eigenvalue weighted by Gasteiger charge is 2.11. The Morgan fingerprint density at radius 1 is 1.29 bits per heavy atom. The summed E-state index contributed by atoms with van der Waals surface area (Å²) < 4.78 is 4.68. The number of phenolic OH excluding ortho intramolecular Hbond substituents is 1. The van der Waals surface area contributed by atoms with Crippen molar-refractivity contribution in [3.05, 3.63) is 58.1 Å². The molecule has 4 nitrogen and oxygen atoms in total. The van der Waals surface area contributed by atoms with Gasteiger partial charge in [-0.2, -0.15) is 0 Å². The summed E-state index contributed by atoms with van der Waals surface area (Å²) in [7, 11) is 1.31. The molecule has 2 aromatic rings. The smallest absolute Gasteiger partial charge is 0.339 e. The van der Waals surface area contributed by atoms with Gasteiger partial charge in [-0.1, -0.05) is 29.3 Å². The molecule has 0 spiro atoms. The summed E-state index contributed by atoms with van der Waals surface area (Å²) in [5.41, 5.74) is 2.87. The van der Waals surface area contributed by atoms with E-state index >= 15 is 0 Å². The van der Waals surface area contributed by atoms with E-state index in [0.29, 0.717) is 17.1 Å². The Morgan fingerprint density at radius 3 is 2.76 bits per heavy atom. The molecule has 0 aliphatic carbocycles. The molecule has 110 valence electrons. The van der Waals surface area contributed by atoms with Gasteiger partial charge in [0.2, 0.25) is 0 Å². The molecule has 2 aromatic carbocycles. The molecule has 0 aromatic heterocycles. The number of hydrogen-bond acceptors (Lipinski definition) is 4. The van der Waals surface area contributed by atoms with Gasteiger partial charge in [0.1, 0.15) is 5.75 Å². The van der Waals surface area contributed by atoms with Crippen molar-refractivity contribution < 1.29 is 14.6 Å². The van der Waals surface area contributed by atoms with Gasteiger partial charge in [-0.25, -0.2) is 4.79 Å². The summed E-state index contributed by atoms with van der Waals surface area (Å²) in [4.78, 5) is 11.6. The average Bonchev–Trinajstić information content (AvgIpc) is 2.48. The average molecular weight is 306 g/mol. The fraction of sp³-hybridized carbons (Fsp3) is 0.188. The Morgan fingerprint density at radius 2 is 2.05 bits per heavy atom. The number of methoxy groups -OCH3 is 1. The SMILES string of the molecule is COC(=O)c1cc(NCc2cc(C)ccc2O)ccc1Cl. The van der Waals surface area contributed by atoms with Crippen LogP contribution in [0.2, 0.25) is 5.02 Å². The number of hydrogen-bond donors (Lipinski definition) is 2. The van der Waals surface area contributed by atoms with E-state index in [1.165, 1.54) is 7.11 Å².